The molecule has 1 heterocycles. The van der Waals surface area contributed by atoms with Crippen LogP contribution in [0.2, 0.25) is 0 Å². The van der Waals surface area contributed by atoms with E-state index < -0.39 is 0 Å². The molecule has 0 N–H and O–H groups in total. The van der Waals surface area contributed by atoms with Crippen LogP contribution >= 0.6 is 0 Å². The van der Waals surface area contributed by atoms with E-state index in [9.17, 15) is 0 Å². The van der Waals surface area contributed by atoms with Crippen molar-refractivity contribution in [1.82, 2.24) is 9.80 Å². The monoisotopic (exact) mass is 352 g/mol. The Hall–Kier alpha value is -0.0800. The summed E-state index contributed by atoms with van der Waals surface area (Å²) >= 11 is 0. The Bertz CT molecular complexity index is 303. The minimum Gasteiger partial charge on any atom is -0.309 e. The normalized spacial score (nSPS) is 17.5. The van der Waals surface area contributed by atoms with Crippen LogP contribution in [0, 0.1) is 11.3 Å². The van der Waals surface area contributed by atoms with Crippen LogP contribution in [0.4, 0.5) is 0 Å². The Kier molecular flexibility index (Phi) is 12.1. The van der Waals surface area contributed by atoms with Crippen molar-refractivity contribution in [3.63, 3.8) is 0 Å². The zero-order chi connectivity index (χ0) is 18.5. The van der Waals surface area contributed by atoms with Crippen LogP contribution in [0.5, 0.6) is 0 Å². The minimum atomic E-state index is 0.465. The Morgan fingerprint density at radius 3 is 1.76 bits per heavy atom. The molecule has 1 aliphatic rings. The number of likely N-dealkylation sites (tertiary alicyclic amines) is 1. The Morgan fingerprint density at radius 2 is 1.28 bits per heavy atom. The molecule has 2 nitrogen and oxygen atoms in total. The average Bonchev–Trinajstić information content (AvgIpc) is 2.56. The maximum atomic E-state index is 2.73. The summed E-state index contributed by atoms with van der Waals surface area (Å²) in [5.41, 5.74) is 0.465. The van der Waals surface area contributed by atoms with Crippen LogP contribution in [-0.2, 0) is 0 Å². The van der Waals surface area contributed by atoms with Crippen molar-refractivity contribution in [1.29, 1.82) is 0 Å². The maximum Gasteiger partial charge on any atom is 0.00293 e. The molecule has 0 amide bonds. The fourth-order valence-electron chi connectivity index (χ4n) is 4.71. The van der Waals surface area contributed by atoms with Crippen LogP contribution < -0.4 is 0 Å². The fourth-order valence-corrected chi connectivity index (χ4v) is 4.71. The topological polar surface area (TPSA) is 6.48 Å². The van der Waals surface area contributed by atoms with E-state index in [2.05, 4.69) is 44.7 Å². The molecule has 0 aromatic heterocycles. The number of hydrogen-bond donors (Lipinski definition) is 0. The van der Waals surface area contributed by atoms with E-state index in [1.807, 2.05) is 0 Å². The van der Waals surface area contributed by atoms with Crippen molar-refractivity contribution in [2.24, 2.45) is 11.3 Å². The van der Waals surface area contributed by atoms with E-state index in [4.69, 9.17) is 0 Å². The van der Waals surface area contributed by atoms with Crippen molar-refractivity contribution >= 4 is 0 Å². The lowest BCUT2D eigenvalue weighted by molar-refractivity contribution is 0.0778. The first kappa shape index (κ1) is 23.0. The lowest BCUT2D eigenvalue weighted by Gasteiger charge is -2.42. The summed E-state index contributed by atoms with van der Waals surface area (Å²) in [7, 11) is 4.42. The summed E-state index contributed by atoms with van der Waals surface area (Å²) in [6.07, 6.45) is 17.2. The average molecular weight is 353 g/mol. The minimum absolute atomic E-state index is 0.465. The number of piperidine rings is 1. The van der Waals surface area contributed by atoms with Gasteiger partial charge in [-0.2, -0.15) is 0 Å². The summed E-state index contributed by atoms with van der Waals surface area (Å²) in [5, 5.41) is 0. The van der Waals surface area contributed by atoms with E-state index in [0.717, 1.165) is 5.92 Å². The third-order valence-electron chi connectivity index (χ3n) is 6.24. The molecule has 0 unspecified atom stereocenters. The first-order valence-corrected chi connectivity index (χ1v) is 11.3. The standard InChI is InChI=1S/C23H48N2/c1-6-7-8-9-10-11-12-13-14-15-18-25-19-16-22(17-20-25)23(2,3)21-24(4)5/h22H,6-21H2,1-5H3. The molecule has 1 fully saturated rings. The lowest BCUT2D eigenvalue weighted by Crippen LogP contribution is -2.42. The molecule has 0 bridgehead atoms. The van der Waals surface area contributed by atoms with Gasteiger partial charge < -0.3 is 9.80 Å². The zero-order valence-corrected chi connectivity index (χ0v) is 18.3. The zero-order valence-electron chi connectivity index (χ0n) is 18.3. The smallest absolute Gasteiger partial charge is 0.00293 e. The quantitative estimate of drug-likeness (QED) is 0.343. The van der Waals surface area contributed by atoms with Crippen LogP contribution in [0.1, 0.15) is 97.8 Å². The molecule has 1 rings (SSSR count). The van der Waals surface area contributed by atoms with Gasteiger partial charge >= 0.3 is 0 Å². The first-order chi connectivity index (χ1) is 12.0. The van der Waals surface area contributed by atoms with E-state index >= 15 is 0 Å². The van der Waals surface area contributed by atoms with Crippen molar-refractivity contribution < 1.29 is 0 Å². The van der Waals surface area contributed by atoms with Gasteiger partial charge in [0.15, 0.2) is 0 Å². The molecular formula is C23H48N2. The van der Waals surface area contributed by atoms with Gasteiger partial charge in [0.25, 0.3) is 0 Å². The Labute approximate surface area is 159 Å². The maximum absolute atomic E-state index is 2.73. The second kappa shape index (κ2) is 13.1. The fraction of sp³-hybridized carbons (Fsp3) is 1.00. The van der Waals surface area contributed by atoms with E-state index in [1.54, 1.807) is 0 Å². The van der Waals surface area contributed by atoms with Crippen molar-refractivity contribution in [2.45, 2.75) is 97.8 Å². The highest BCUT2D eigenvalue weighted by atomic mass is 15.1. The third kappa shape index (κ3) is 10.6. The Balaban J connectivity index is 1.99. The number of rotatable bonds is 14. The van der Waals surface area contributed by atoms with Gasteiger partial charge in [0.2, 0.25) is 0 Å². The highest BCUT2D eigenvalue weighted by Gasteiger charge is 2.32. The van der Waals surface area contributed by atoms with Gasteiger partial charge in [-0.1, -0.05) is 78.6 Å². The highest BCUT2D eigenvalue weighted by molar-refractivity contribution is 4.85. The summed E-state index contributed by atoms with van der Waals surface area (Å²) in [4.78, 5) is 5.09. The van der Waals surface area contributed by atoms with Gasteiger partial charge in [0.1, 0.15) is 0 Å². The van der Waals surface area contributed by atoms with E-state index in [-0.39, 0.29) is 0 Å². The van der Waals surface area contributed by atoms with Gasteiger partial charge in [-0.3, -0.25) is 0 Å². The van der Waals surface area contributed by atoms with Gasteiger partial charge in [-0.25, -0.2) is 0 Å². The van der Waals surface area contributed by atoms with Crippen LogP contribution in [0.3, 0.4) is 0 Å². The molecule has 0 spiro atoms. The number of unbranched alkanes of at least 4 members (excludes halogenated alkanes) is 9. The Morgan fingerprint density at radius 1 is 0.800 bits per heavy atom. The van der Waals surface area contributed by atoms with Crippen LogP contribution in [0.15, 0.2) is 0 Å². The third-order valence-corrected chi connectivity index (χ3v) is 6.24. The molecule has 1 saturated heterocycles. The summed E-state index contributed by atoms with van der Waals surface area (Å²) in [5.74, 6) is 0.902. The van der Waals surface area contributed by atoms with E-state index in [1.165, 1.54) is 103 Å². The summed E-state index contributed by atoms with van der Waals surface area (Å²) < 4.78 is 0. The molecule has 1 aliphatic heterocycles. The molecule has 0 atom stereocenters. The second-order valence-corrected chi connectivity index (χ2v) is 9.52. The predicted octanol–water partition coefficient (Wildman–Crippen LogP) is 6.21. The second-order valence-electron chi connectivity index (χ2n) is 9.52. The van der Waals surface area contributed by atoms with Gasteiger partial charge in [-0.05, 0) is 64.3 Å². The van der Waals surface area contributed by atoms with Crippen LogP contribution in [0.25, 0.3) is 0 Å². The van der Waals surface area contributed by atoms with Gasteiger partial charge in [0.05, 0.1) is 0 Å². The highest BCUT2D eigenvalue weighted by Crippen LogP contribution is 2.35. The summed E-state index contributed by atoms with van der Waals surface area (Å²) in [6.45, 7) is 12.5. The van der Waals surface area contributed by atoms with Crippen molar-refractivity contribution in [3.8, 4) is 0 Å². The largest absolute Gasteiger partial charge is 0.309 e. The molecule has 0 saturated carbocycles. The van der Waals surface area contributed by atoms with Gasteiger partial charge in [0, 0.05) is 6.54 Å². The molecule has 0 aromatic rings. The molecule has 0 radical (unpaired) electrons. The molecule has 25 heavy (non-hydrogen) atoms. The molecular weight excluding hydrogens is 304 g/mol. The summed E-state index contributed by atoms with van der Waals surface area (Å²) in [6, 6.07) is 0. The molecule has 2 heteroatoms. The van der Waals surface area contributed by atoms with Crippen molar-refractivity contribution in [3.05, 3.63) is 0 Å². The van der Waals surface area contributed by atoms with Crippen molar-refractivity contribution in [2.75, 3.05) is 40.3 Å². The number of nitrogens with zero attached hydrogens (tertiary/aromatic N) is 2. The lowest BCUT2D eigenvalue weighted by atomic mass is 9.73. The van der Waals surface area contributed by atoms with E-state index in [0.29, 0.717) is 5.41 Å². The first-order valence-electron chi connectivity index (χ1n) is 11.3. The number of hydrogen-bond acceptors (Lipinski definition) is 2. The SMILES string of the molecule is CCCCCCCCCCCCN1CCC(C(C)(C)CN(C)C)CC1. The predicted molar refractivity (Wildman–Crippen MR) is 113 cm³/mol. The molecule has 150 valence electrons. The molecule has 0 aromatic carbocycles. The van der Waals surface area contributed by atoms with Gasteiger partial charge in [-0.15, -0.1) is 0 Å². The molecule has 0 aliphatic carbocycles. The van der Waals surface area contributed by atoms with Crippen LogP contribution in [-0.4, -0.2) is 50.1 Å².